The first-order valence-electron chi connectivity index (χ1n) is 8.96. The van der Waals surface area contributed by atoms with Gasteiger partial charge in [0.25, 0.3) is 0 Å². The van der Waals surface area contributed by atoms with Gasteiger partial charge in [0.15, 0.2) is 0 Å². The van der Waals surface area contributed by atoms with Gasteiger partial charge in [-0.2, -0.15) is 0 Å². The fourth-order valence-electron chi connectivity index (χ4n) is 3.87. The maximum atomic E-state index is 12.6. The van der Waals surface area contributed by atoms with E-state index in [1.807, 2.05) is 13.1 Å². The van der Waals surface area contributed by atoms with Gasteiger partial charge < -0.3 is 4.90 Å². The van der Waals surface area contributed by atoms with Crippen LogP contribution in [0, 0.1) is 0 Å². The molecule has 0 aliphatic carbocycles. The molecule has 0 aromatic heterocycles. The lowest BCUT2D eigenvalue weighted by molar-refractivity contribution is -0.134. The van der Waals surface area contributed by atoms with Crippen molar-refractivity contribution in [2.45, 2.75) is 38.3 Å². The van der Waals surface area contributed by atoms with Crippen LogP contribution >= 0.6 is 0 Å². The van der Waals surface area contributed by atoms with Gasteiger partial charge in [-0.15, -0.1) is 0 Å². The third-order valence-electron chi connectivity index (χ3n) is 5.11. The molecule has 2 aliphatic rings. The van der Waals surface area contributed by atoms with Gasteiger partial charge >= 0.3 is 0 Å². The predicted octanol–water partition coefficient (Wildman–Crippen LogP) is 2.21. The normalized spacial score (nSPS) is 22.7. The number of hydrogen-bond acceptors (Lipinski definition) is 3. The van der Waals surface area contributed by atoms with Crippen molar-refractivity contribution in [2.24, 2.45) is 0 Å². The molecule has 4 heteroatoms. The molecule has 23 heavy (non-hydrogen) atoms. The lowest BCUT2D eigenvalue weighted by atomic mass is 10.0. The summed E-state index contributed by atoms with van der Waals surface area (Å²) in [6, 6.07) is 11.0. The van der Waals surface area contributed by atoms with Crippen LogP contribution in [0.3, 0.4) is 0 Å². The van der Waals surface area contributed by atoms with Crippen molar-refractivity contribution in [1.29, 1.82) is 0 Å². The standard InChI is InChI=1S/C19H29N3O/c1-20(14-17-8-3-2-4-9-17)16-19(23)22-13-7-10-18(15-22)21-11-5-6-12-21/h2-4,8-9,18H,5-7,10-16H2,1H3/t18-/m1/s1. The van der Waals surface area contributed by atoms with Crippen LogP contribution in [0.5, 0.6) is 0 Å². The van der Waals surface area contributed by atoms with Crippen molar-refractivity contribution in [3.8, 4) is 0 Å². The molecule has 0 spiro atoms. The Kier molecular flexibility index (Phi) is 5.68. The van der Waals surface area contributed by atoms with E-state index in [0.29, 0.717) is 12.6 Å². The molecule has 3 rings (SSSR count). The van der Waals surface area contributed by atoms with Crippen molar-refractivity contribution in [2.75, 3.05) is 39.8 Å². The molecule has 2 aliphatic heterocycles. The van der Waals surface area contributed by atoms with Gasteiger partial charge in [0.1, 0.15) is 0 Å². The van der Waals surface area contributed by atoms with Gasteiger partial charge in [-0.05, 0) is 51.4 Å². The molecule has 1 aromatic rings. The molecule has 2 heterocycles. The molecule has 1 amide bonds. The van der Waals surface area contributed by atoms with E-state index in [0.717, 1.165) is 26.1 Å². The number of carbonyl (C=O) groups excluding carboxylic acids is 1. The number of nitrogens with zero attached hydrogens (tertiary/aromatic N) is 3. The van der Waals surface area contributed by atoms with E-state index in [1.54, 1.807) is 0 Å². The minimum absolute atomic E-state index is 0.285. The van der Waals surface area contributed by atoms with Crippen LogP contribution < -0.4 is 0 Å². The second-order valence-corrected chi connectivity index (χ2v) is 7.04. The van der Waals surface area contributed by atoms with Gasteiger partial charge in [-0.25, -0.2) is 0 Å². The zero-order chi connectivity index (χ0) is 16.1. The lowest BCUT2D eigenvalue weighted by Crippen LogP contribution is -2.50. The highest BCUT2D eigenvalue weighted by Crippen LogP contribution is 2.20. The second-order valence-electron chi connectivity index (χ2n) is 7.04. The first-order chi connectivity index (χ1) is 11.2. The summed E-state index contributed by atoms with van der Waals surface area (Å²) in [7, 11) is 2.03. The average molecular weight is 315 g/mol. The van der Waals surface area contributed by atoms with Gasteiger partial charge in [0, 0.05) is 25.7 Å². The van der Waals surface area contributed by atoms with E-state index in [9.17, 15) is 4.79 Å². The summed E-state index contributed by atoms with van der Waals surface area (Å²) in [5, 5.41) is 0. The predicted molar refractivity (Wildman–Crippen MR) is 93.2 cm³/mol. The molecule has 4 nitrogen and oxygen atoms in total. The Morgan fingerprint density at radius 2 is 1.87 bits per heavy atom. The Hall–Kier alpha value is -1.39. The number of likely N-dealkylation sites (tertiary alicyclic amines) is 2. The SMILES string of the molecule is CN(CC(=O)N1CCC[C@@H](N2CCCC2)C1)Cc1ccccc1. The Morgan fingerprint density at radius 3 is 2.61 bits per heavy atom. The highest BCUT2D eigenvalue weighted by atomic mass is 16.2. The van der Waals surface area contributed by atoms with E-state index < -0.39 is 0 Å². The summed E-state index contributed by atoms with van der Waals surface area (Å²) < 4.78 is 0. The summed E-state index contributed by atoms with van der Waals surface area (Å²) in [6.07, 6.45) is 5.05. The fraction of sp³-hybridized carbons (Fsp3) is 0.632. The minimum Gasteiger partial charge on any atom is -0.340 e. The molecule has 2 saturated heterocycles. The van der Waals surface area contributed by atoms with Crippen molar-refractivity contribution in [3.05, 3.63) is 35.9 Å². The van der Waals surface area contributed by atoms with Crippen LogP contribution in [0.2, 0.25) is 0 Å². The number of likely N-dealkylation sites (N-methyl/N-ethyl adjacent to an activating group) is 1. The zero-order valence-electron chi connectivity index (χ0n) is 14.3. The summed E-state index contributed by atoms with van der Waals surface area (Å²) >= 11 is 0. The number of piperidine rings is 1. The highest BCUT2D eigenvalue weighted by molar-refractivity contribution is 5.78. The smallest absolute Gasteiger partial charge is 0.236 e. The monoisotopic (exact) mass is 315 g/mol. The summed E-state index contributed by atoms with van der Waals surface area (Å²) in [5.74, 6) is 0.285. The molecule has 0 bridgehead atoms. The number of benzene rings is 1. The average Bonchev–Trinajstić information content (AvgIpc) is 3.10. The van der Waals surface area contributed by atoms with Gasteiger partial charge in [-0.3, -0.25) is 14.6 Å². The van der Waals surface area contributed by atoms with E-state index in [1.165, 1.54) is 37.9 Å². The Balaban J connectivity index is 1.49. The third-order valence-corrected chi connectivity index (χ3v) is 5.11. The maximum Gasteiger partial charge on any atom is 0.236 e. The molecule has 0 radical (unpaired) electrons. The van der Waals surface area contributed by atoms with Crippen LogP contribution in [0.25, 0.3) is 0 Å². The van der Waals surface area contributed by atoms with Crippen LogP contribution in [0.1, 0.15) is 31.2 Å². The van der Waals surface area contributed by atoms with E-state index in [4.69, 9.17) is 0 Å². The van der Waals surface area contributed by atoms with Crippen LogP contribution in [0.4, 0.5) is 0 Å². The van der Waals surface area contributed by atoms with Crippen LogP contribution in [0.15, 0.2) is 30.3 Å². The molecular weight excluding hydrogens is 286 g/mol. The third kappa shape index (κ3) is 4.55. The number of amides is 1. The minimum atomic E-state index is 0.285. The first kappa shape index (κ1) is 16.5. The van der Waals surface area contributed by atoms with E-state index >= 15 is 0 Å². The molecule has 1 aromatic carbocycles. The molecule has 126 valence electrons. The largest absolute Gasteiger partial charge is 0.340 e. The van der Waals surface area contributed by atoms with Crippen molar-refractivity contribution in [1.82, 2.24) is 14.7 Å². The molecule has 0 N–H and O–H groups in total. The summed E-state index contributed by atoms with van der Waals surface area (Å²) in [4.78, 5) is 19.4. The topological polar surface area (TPSA) is 26.8 Å². The lowest BCUT2D eigenvalue weighted by Gasteiger charge is -2.38. The van der Waals surface area contributed by atoms with Gasteiger partial charge in [0.2, 0.25) is 5.91 Å². The van der Waals surface area contributed by atoms with Gasteiger partial charge in [0.05, 0.1) is 6.54 Å². The van der Waals surface area contributed by atoms with E-state index in [2.05, 4.69) is 39.0 Å². The Labute approximate surface area is 140 Å². The number of hydrogen-bond donors (Lipinski definition) is 0. The molecule has 0 saturated carbocycles. The van der Waals surface area contributed by atoms with Gasteiger partial charge in [-0.1, -0.05) is 30.3 Å². The second kappa shape index (κ2) is 7.93. The maximum absolute atomic E-state index is 12.6. The Morgan fingerprint density at radius 1 is 1.13 bits per heavy atom. The van der Waals surface area contributed by atoms with E-state index in [-0.39, 0.29) is 5.91 Å². The fourth-order valence-corrected chi connectivity index (χ4v) is 3.87. The highest BCUT2D eigenvalue weighted by Gasteiger charge is 2.29. The number of rotatable bonds is 5. The molecule has 2 fully saturated rings. The van der Waals surface area contributed by atoms with Crippen molar-refractivity contribution >= 4 is 5.91 Å². The molecule has 1 atom stereocenters. The molecular formula is C19H29N3O. The van der Waals surface area contributed by atoms with Crippen molar-refractivity contribution < 1.29 is 4.79 Å². The number of carbonyl (C=O) groups is 1. The van der Waals surface area contributed by atoms with Crippen LogP contribution in [-0.2, 0) is 11.3 Å². The Bertz CT molecular complexity index is 499. The summed E-state index contributed by atoms with van der Waals surface area (Å²) in [5.41, 5.74) is 1.26. The summed E-state index contributed by atoms with van der Waals surface area (Å²) in [6.45, 7) is 5.65. The molecule has 0 unspecified atom stereocenters. The first-order valence-corrected chi connectivity index (χ1v) is 8.96. The zero-order valence-corrected chi connectivity index (χ0v) is 14.3. The van der Waals surface area contributed by atoms with Crippen LogP contribution in [-0.4, -0.2) is 66.4 Å². The van der Waals surface area contributed by atoms with Crippen molar-refractivity contribution in [3.63, 3.8) is 0 Å². The quantitative estimate of drug-likeness (QED) is 0.833.